The van der Waals surface area contributed by atoms with E-state index < -0.39 is 11.7 Å². The molecule has 1 aromatic heterocycles. The molecule has 0 radical (unpaired) electrons. The number of carbonyl (C=O) groups excluding carboxylic acids is 2. The second-order valence-corrected chi connectivity index (χ2v) is 11.1. The first-order valence-electron chi connectivity index (χ1n) is 13.9. The van der Waals surface area contributed by atoms with Gasteiger partial charge in [-0.3, -0.25) is 9.59 Å². The number of rotatable bonds is 6. The van der Waals surface area contributed by atoms with Crippen LogP contribution in [0.3, 0.4) is 0 Å². The highest BCUT2D eigenvalue weighted by Gasteiger charge is 2.34. The number of hydrogen-bond donors (Lipinski definition) is 0. The SMILES string of the molecule is CCN(C(=O)c1c(F)cccc1Cl)[C@@H]1CCc2ccc(C(=O)N(C)C3CCN(c4cc(C)nc(C)n4)CC3)cc21. The van der Waals surface area contributed by atoms with Crippen LogP contribution in [0.2, 0.25) is 5.02 Å². The molecule has 2 heterocycles. The molecule has 0 saturated carbocycles. The Morgan fingerprint density at radius 3 is 2.48 bits per heavy atom. The highest BCUT2D eigenvalue weighted by molar-refractivity contribution is 6.33. The van der Waals surface area contributed by atoms with Crippen molar-refractivity contribution in [3.63, 3.8) is 0 Å². The first-order chi connectivity index (χ1) is 19.2. The quantitative estimate of drug-likeness (QED) is 0.380. The summed E-state index contributed by atoms with van der Waals surface area (Å²) in [6, 6.07) is 12.0. The molecule has 0 unspecified atom stereocenters. The lowest BCUT2D eigenvalue weighted by Gasteiger charge is -2.37. The number of benzene rings is 2. The van der Waals surface area contributed by atoms with Gasteiger partial charge in [0.15, 0.2) is 0 Å². The number of hydrogen-bond acceptors (Lipinski definition) is 5. The van der Waals surface area contributed by atoms with Crippen molar-refractivity contribution in [2.24, 2.45) is 0 Å². The van der Waals surface area contributed by atoms with Gasteiger partial charge in [0.1, 0.15) is 17.5 Å². The number of fused-ring (bicyclic) bond motifs is 1. The molecule has 1 aliphatic carbocycles. The second kappa shape index (κ2) is 11.5. The van der Waals surface area contributed by atoms with Crippen LogP contribution in [-0.2, 0) is 6.42 Å². The predicted molar refractivity (Wildman–Crippen MR) is 154 cm³/mol. The van der Waals surface area contributed by atoms with Gasteiger partial charge in [0.05, 0.1) is 16.6 Å². The summed E-state index contributed by atoms with van der Waals surface area (Å²) in [5, 5.41) is 0.100. The molecule has 3 aromatic rings. The molecule has 2 aliphatic rings. The number of anilines is 1. The number of halogens is 2. The molecule has 2 amide bonds. The Labute approximate surface area is 240 Å². The molecule has 40 heavy (non-hydrogen) atoms. The van der Waals surface area contributed by atoms with Crippen LogP contribution in [0.15, 0.2) is 42.5 Å². The van der Waals surface area contributed by atoms with E-state index in [4.69, 9.17) is 11.6 Å². The van der Waals surface area contributed by atoms with Gasteiger partial charge in [-0.05, 0) is 81.8 Å². The van der Waals surface area contributed by atoms with Gasteiger partial charge in [-0.25, -0.2) is 14.4 Å². The van der Waals surface area contributed by atoms with Crippen molar-refractivity contribution < 1.29 is 14.0 Å². The van der Waals surface area contributed by atoms with Gasteiger partial charge in [0, 0.05) is 50.0 Å². The van der Waals surface area contributed by atoms with Gasteiger partial charge >= 0.3 is 0 Å². The summed E-state index contributed by atoms with van der Waals surface area (Å²) < 4.78 is 14.6. The first kappa shape index (κ1) is 28.0. The van der Waals surface area contributed by atoms with Crippen molar-refractivity contribution in [2.75, 3.05) is 31.6 Å². The lowest BCUT2D eigenvalue weighted by Crippen LogP contribution is -2.46. The van der Waals surface area contributed by atoms with E-state index in [0.29, 0.717) is 12.1 Å². The summed E-state index contributed by atoms with van der Waals surface area (Å²) in [7, 11) is 1.87. The van der Waals surface area contributed by atoms with Crippen molar-refractivity contribution in [3.8, 4) is 0 Å². The highest BCUT2D eigenvalue weighted by Crippen LogP contribution is 2.38. The van der Waals surface area contributed by atoms with Gasteiger partial charge in [-0.2, -0.15) is 0 Å². The maximum absolute atomic E-state index is 14.6. The van der Waals surface area contributed by atoms with Crippen LogP contribution in [0.1, 0.15) is 75.6 Å². The first-order valence-corrected chi connectivity index (χ1v) is 14.3. The number of piperidine rings is 1. The van der Waals surface area contributed by atoms with Gasteiger partial charge in [-0.1, -0.05) is 23.7 Å². The molecule has 5 rings (SSSR count). The molecular formula is C31H35ClFN5O2. The zero-order valence-electron chi connectivity index (χ0n) is 23.5. The Balaban J connectivity index is 1.31. The molecule has 0 bridgehead atoms. The number of aryl methyl sites for hydroxylation is 3. The van der Waals surface area contributed by atoms with Crippen molar-refractivity contribution in [1.82, 2.24) is 19.8 Å². The zero-order chi connectivity index (χ0) is 28.6. The van der Waals surface area contributed by atoms with Crippen LogP contribution < -0.4 is 4.90 Å². The number of carbonyl (C=O) groups is 2. The third kappa shape index (κ3) is 5.42. The van der Waals surface area contributed by atoms with Crippen LogP contribution in [0.4, 0.5) is 10.2 Å². The molecular weight excluding hydrogens is 529 g/mol. The standard InChI is InChI=1S/C31H35ClFN5O2/c1-5-38(31(40)29-25(32)7-6-8-26(29)33)27-12-11-21-9-10-22(18-24(21)27)30(39)36(4)23-13-15-37(16-14-23)28-17-19(2)34-20(3)35-28/h6-10,17-18,23,27H,5,11-16H2,1-4H3/t27-/m1/s1. The van der Waals surface area contributed by atoms with Gasteiger partial charge in [0.2, 0.25) is 0 Å². The Hall–Kier alpha value is -3.52. The van der Waals surface area contributed by atoms with Crippen LogP contribution in [-0.4, -0.2) is 64.3 Å². The van der Waals surface area contributed by atoms with Crippen LogP contribution >= 0.6 is 11.6 Å². The van der Waals surface area contributed by atoms with Gasteiger partial charge in [-0.15, -0.1) is 0 Å². The van der Waals surface area contributed by atoms with Crippen molar-refractivity contribution >= 4 is 29.2 Å². The van der Waals surface area contributed by atoms with Crippen molar-refractivity contribution in [2.45, 2.75) is 58.5 Å². The van der Waals surface area contributed by atoms with E-state index in [1.165, 1.54) is 18.2 Å². The molecule has 1 aliphatic heterocycles. The topological polar surface area (TPSA) is 69.6 Å². The maximum atomic E-state index is 14.6. The monoisotopic (exact) mass is 563 g/mol. The molecule has 1 atom stereocenters. The van der Waals surface area contributed by atoms with E-state index in [1.807, 2.05) is 57.0 Å². The summed E-state index contributed by atoms with van der Waals surface area (Å²) in [6.45, 7) is 7.79. The summed E-state index contributed by atoms with van der Waals surface area (Å²) in [4.78, 5) is 41.8. The number of nitrogens with zero attached hydrogens (tertiary/aromatic N) is 5. The fourth-order valence-electron chi connectivity index (χ4n) is 6.10. The third-order valence-corrected chi connectivity index (χ3v) is 8.52. The van der Waals surface area contributed by atoms with E-state index in [0.717, 1.165) is 67.2 Å². The minimum atomic E-state index is -0.629. The van der Waals surface area contributed by atoms with E-state index in [9.17, 15) is 14.0 Å². The van der Waals surface area contributed by atoms with Crippen molar-refractivity contribution in [3.05, 3.63) is 87.1 Å². The van der Waals surface area contributed by atoms with E-state index >= 15 is 0 Å². The average Bonchev–Trinajstić information content (AvgIpc) is 3.35. The van der Waals surface area contributed by atoms with Gasteiger partial charge in [0.25, 0.3) is 11.8 Å². The molecule has 1 fully saturated rings. The summed E-state index contributed by atoms with van der Waals surface area (Å²) in [5.41, 5.74) is 3.51. The molecule has 1 saturated heterocycles. The summed E-state index contributed by atoms with van der Waals surface area (Å²) in [5.74, 6) is 0.606. The van der Waals surface area contributed by atoms with Crippen LogP contribution in [0, 0.1) is 19.7 Å². The Morgan fingerprint density at radius 2 is 1.80 bits per heavy atom. The number of aromatic nitrogens is 2. The fraction of sp³-hybridized carbons (Fsp3) is 0.419. The molecule has 210 valence electrons. The lowest BCUT2D eigenvalue weighted by molar-refractivity contribution is 0.0683. The summed E-state index contributed by atoms with van der Waals surface area (Å²) >= 11 is 6.22. The maximum Gasteiger partial charge on any atom is 0.258 e. The normalized spacial score (nSPS) is 17.1. The molecule has 0 spiro atoms. The Kier molecular flexibility index (Phi) is 8.08. The van der Waals surface area contributed by atoms with E-state index in [2.05, 4.69) is 14.9 Å². The average molecular weight is 564 g/mol. The van der Waals surface area contributed by atoms with Crippen molar-refractivity contribution in [1.29, 1.82) is 0 Å². The smallest absolute Gasteiger partial charge is 0.258 e. The molecule has 7 nitrogen and oxygen atoms in total. The van der Waals surface area contributed by atoms with E-state index in [-0.39, 0.29) is 28.6 Å². The second-order valence-electron chi connectivity index (χ2n) is 10.7. The molecule has 2 aromatic carbocycles. The largest absolute Gasteiger partial charge is 0.356 e. The minimum absolute atomic E-state index is 0.0350. The molecule has 9 heteroatoms. The number of amides is 2. The summed E-state index contributed by atoms with van der Waals surface area (Å²) in [6.07, 6.45) is 3.20. The third-order valence-electron chi connectivity index (χ3n) is 8.20. The Morgan fingerprint density at radius 1 is 1.05 bits per heavy atom. The van der Waals surface area contributed by atoms with Crippen LogP contribution in [0.25, 0.3) is 0 Å². The lowest BCUT2D eigenvalue weighted by atomic mass is 9.99. The molecule has 0 N–H and O–H groups in total. The zero-order valence-corrected chi connectivity index (χ0v) is 24.2. The van der Waals surface area contributed by atoms with E-state index in [1.54, 1.807) is 4.90 Å². The fourth-order valence-corrected chi connectivity index (χ4v) is 6.34. The minimum Gasteiger partial charge on any atom is -0.356 e. The van der Waals surface area contributed by atoms with Crippen LogP contribution in [0.5, 0.6) is 0 Å². The van der Waals surface area contributed by atoms with Gasteiger partial charge < -0.3 is 14.7 Å². The Bertz CT molecular complexity index is 1400. The highest BCUT2D eigenvalue weighted by atomic mass is 35.5. The predicted octanol–water partition coefficient (Wildman–Crippen LogP) is 5.78.